The Hall–Kier alpha value is -0.860. The SMILES string of the molecule is Cc1ccc(C)c(CNCCN(C(C)C)C(C)C)c1. The first kappa shape index (κ1) is 16.2. The Bertz CT molecular complexity index is 375. The standard InChI is InChI=1S/C17H30N2/c1-13(2)19(14(3)4)10-9-18-12-17-11-15(5)7-8-16(17)6/h7-8,11,13-14,18H,9-10,12H2,1-6H3. The van der Waals surface area contributed by atoms with Gasteiger partial charge in [0.25, 0.3) is 0 Å². The van der Waals surface area contributed by atoms with Crippen LogP contribution < -0.4 is 5.32 Å². The van der Waals surface area contributed by atoms with Gasteiger partial charge in [-0.3, -0.25) is 4.90 Å². The first-order chi connectivity index (χ1) is 8.91. The molecule has 0 saturated carbocycles. The number of rotatable bonds is 7. The van der Waals surface area contributed by atoms with Crippen LogP contribution in [0.15, 0.2) is 18.2 Å². The molecule has 0 aliphatic heterocycles. The van der Waals surface area contributed by atoms with Crippen LogP contribution >= 0.6 is 0 Å². The minimum Gasteiger partial charge on any atom is -0.311 e. The van der Waals surface area contributed by atoms with Crippen LogP contribution in [0.25, 0.3) is 0 Å². The minimum atomic E-state index is 0.613. The molecule has 2 nitrogen and oxygen atoms in total. The molecule has 2 heteroatoms. The molecule has 1 aromatic rings. The van der Waals surface area contributed by atoms with Crippen molar-refractivity contribution < 1.29 is 0 Å². The van der Waals surface area contributed by atoms with Gasteiger partial charge in [0.05, 0.1) is 0 Å². The summed E-state index contributed by atoms with van der Waals surface area (Å²) in [7, 11) is 0. The first-order valence-electron chi connectivity index (χ1n) is 7.44. The van der Waals surface area contributed by atoms with Gasteiger partial charge in [-0.2, -0.15) is 0 Å². The van der Waals surface area contributed by atoms with E-state index < -0.39 is 0 Å². The molecular weight excluding hydrogens is 232 g/mol. The smallest absolute Gasteiger partial charge is 0.0208 e. The molecule has 1 rings (SSSR count). The highest BCUT2D eigenvalue weighted by atomic mass is 15.2. The third kappa shape index (κ3) is 5.33. The van der Waals surface area contributed by atoms with Gasteiger partial charge in [-0.1, -0.05) is 23.8 Å². The maximum absolute atomic E-state index is 3.57. The highest BCUT2D eigenvalue weighted by Crippen LogP contribution is 2.10. The summed E-state index contributed by atoms with van der Waals surface area (Å²) < 4.78 is 0. The predicted octanol–water partition coefficient (Wildman–Crippen LogP) is 3.51. The van der Waals surface area contributed by atoms with Crippen LogP contribution in [0.4, 0.5) is 0 Å². The molecule has 0 aliphatic carbocycles. The molecule has 0 unspecified atom stereocenters. The quantitative estimate of drug-likeness (QED) is 0.757. The Kier molecular flexibility index (Phi) is 6.53. The van der Waals surface area contributed by atoms with Crippen LogP contribution in [0.3, 0.4) is 0 Å². The summed E-state index contributed by atoms with van der Waals surface area (Å²) in [4.78, 5) is 2.52. The molecule has 19 heavy (non-hydrogen) atoms. The van der Waals surface area contributed by atoms with Gasteiger partial charge in [0.1, 0.15) is 0 Å². The van der Waals surface area contributed by atoms with Crippen LogP contribution in [-0.4, -0.2) is 30.1 Å². The summed E-state index contributed by atoms with van der Waals surface area (Å²) >= 11 is 0. The number of benzene rings is 1. The van der Waals surface area contributed by atoms with E-state index in [1.54, 1.807) is 0 Å². The van der Waals surface area contributed by atoms with E-state index in [2.05, 4.69) is 70.0 Å². The zero-order valence-electron chi connectivity index (χ0n) is 13.5. The van der Waals surface area contributed by atoms with Gasteiger partial charge in [0, 0.05) is 31.7 Å². The fraction of sp³-hybridized carbons (Fsp3) is 0.647. The van der Waals surface area contributed by atoms with Crippen molar-refractivity contribution in [3.63, 3.8) is 0 Å². The van der Waals surface area contributed by atoms with Gasteiger partial charge in [-0.25, -0.2) is 0 Å². The lowest BCUT2D eigenvalue weighted by Crippen LogP contribution is -2.41. The first-order valence-corrected chi connectivity index (χ1v) is 7.44. The molecule has 108 valence electrons. The number of nitrogens with one attached hydrogen (secondary N) is 1. The number of hydrogen-bond donors (Lipinski definition) is 1. The Balaban J connectivity index is 2.40. The predicted molar refractivity (Wildman–Crippen MR) is 84.6 cm³/mol. The molecule has 0 bridgehead atoms. The molecule has 0 saturated heterocycles. The molecule has 0 spiro atoms. The lowest BCUT2D eigenvalue weighted by molar-refractivity contribution is 0.176. The van der Waals surface area contributed by atoms with E-state index >= 15 is 0 Å². The molecule has 0 aliphatic rings. The third-order valence-electron chi connectivity index (χ3n) is 3.69. The van der Waals surface area contributed by atoms with Crippen LogP contribution in [0.5, 0.6) is 0 Å². The maximum atomic E-state index is 3.57. The summed E-state index contributed by atoms with van der Waals surface area (Å²) in [5.41, 5.74) is 4.14. The van der Waals surface area contributed by atoms with Gasteiger partial charge in [0.15, 0.2) is 0 Å². The van der Waals surface area contributed by atoms with Crippen LogP contribution in [0.1, 0.15) is 44.4 Å². The van der Waals surface area contributed by atoms with Crippen molar-refractivity contribution in [1.82, 2.24) is 10.2 Å². The lowest BCUT2D eigenvalue weighted by atomic mass is 10.1. The van der Waals surface area contributed by atoms with Crippen molar-refractivity contribution in [3.05, 3.63) is 34.9 Å². The second-order valence-electron chi connectivity index (χ2n) is 6.03. The largest absolute Gasteiger partial charge is 0.311 e. The summed E-state index contributed by atoms with van der Waals surface area (Å²) in [6.07, 6.45) is 0. The summed E-state index contributed by atoms with van der Waals surface area (Å²) in [6, 6.07) is 7.90. The van der Waals surface area contributed by atoms with Crippen molar-refractivity contribution in [2.45, 2.75) is 60.2 Å². The maximum Gasteiger partial charge on any atom is 0.0208 e. The highest BCUT2D eigenvalue weighted by molar-refractivity contribution is 5.30. The molecule has 0 fully saturated rings. The topological polar surface area (TPSA) is 15.3 Å². The second-order valence-corrected chi connectivity index (χ2v) is 6.03. The normalized spacial score (nSPS) is 11.8. The fourth-order valence-electron chi connectivity index (χ4n) is 2.53. The van der Waals surface area contributed by atoms with Crippen LogP contribution in [0.2, 0.25) is 0 Å². The van der Waals surface area contributed by atoms with E-state index in [-0.39, 0.29) is 0 Å². The Morgan fingerprint density at radius 3 is 2.26 bits per heavy atom. The average Bonchev–Trinajstić information content (AvgIpc) is 2.32. The van der Waals surface area contributed by atoms with E-state index in [9.17, 15) is 0 Å². The second kappa shape index (κ2) is 7.66. The number of aryl methyl sites for hydroxylation is 2. The zero-order chi connectivity index (χ0) is 14.4. The highest BCUT2D eigenvalue weighted by Gasteiger charge is 2.12. The van der Waals surface area contributed by atoms with Gasteiger partial charge < -0.3 is 5.32 Å². The molecule has 0 radical (unpaired) electrons. The number of nitrogens with zero attached hydrogens (tertiary/aromatic N) is 1. The third-order valence-corrected chi connectivity index (χ3v) is 3.69. The molecular formula is C17H30N2. The van der Waals surface area contributed by atoms with E-state index in [1.165, 1.54) is 16.7 Å². The van der Waals surface area contributed by atoms with Crippen molar-refractivity contribution in [1.29, 1.82) is 0 Å². The minimum absolute atomic E-state index is 0.613. The molecule has 0 heterocycles. The van der Waals surface area contributed by atoms with Gasteiger partial charge >= 0.3 is 0 Å². The van der Waals surface area contributed by atoms with Gasteiger partial charge in [-0.15, -0.1) is 0 Å². The fourth-order valence-corrected chi connectivity index (χ4v) is 2.53. The molecule has 1 aromatic carbocycles. The van der Waals surface area contributed by atoms with E-state index in [0.717, 1.165) is 19.6 Å². The van der Waals surface area contributed by atoms with Crippen LogP contribution in [-0.2, 0) is 6.54 Å². The van der Waals surface area contributed by atoms with Crippen molar-refractivity contribution in [3.8, 4) is 0 Å². The lowest BCUT2D eigenvalue weighted by Gasteiger charge is -2.30. The summed E-state index contributed by atoms with van der Waals surface area (Å²) in [5.74, 6) is 0. The Morgan fingerprint density at radius 1 is 1.05 bits per heavy atom. The van der Waals surface area contributed by atoms with Gasteiger partial charge in [0.2, 0.25) is 0 Å². The summed E-state index contributed by atoms with van der Waals surface area (Å²) in [6.45, 7) is 16.5. The summed E-state index contributed by atoms with van der Waals surface area (Å²) in [5, 5.41) is 3.57. The van der Waals surface area contributed by atoms with E-state index in [4.69, 9.17) is 0 Å². The van der Waals surface area contributed by atoms with Crippen molar-refractivity contribution in [2.24, 2.45) is 0 Å². The molecule has 0 atom stereocenters. The molecule has 0 aromatic heterocycles. The van der Waals surface area contributed by atoms with Gasteiger partial charge in [-0.05, 0) is 52.7 Å². The molecule has 1 N–H and O–H groups in total. The number of hydrogen-bond acceptors (Lipinski definition) is 2. The van der Waals surface area contributed by atoms with Crippen molar-refractivity contribution >= 4 is 0 Å². The van der Waals surface area contributed by atoms with E-state index in [0.29, 0.717) is 12.1 Å². The van der Waals surface area contributed by atoms with Crippen molar-refractivity contribution in [2.75, 3.05) is 13.1 Å². The Labute approximate surface area is 119 Å². The van der Waals surface area contributed by atoms with E-state index in [1.807, 2.05) is 0 Å². The average molecular weight is 262 g/mol. The monoisotopic (exact) mass is 262 g/mol. The van der Waals surface area contributed by atoms with Crippen LogP contribution in [0, 0.1) is 13.8 Å². The zero-order valence-corrected chi connectivity index (χ0v) is 13.5. The Morgan fingerprint density at radius 2 is 1.68 bits per heavy atom. The molecule has 0 amide bonds.